The Balaban J connectivity index is 0.000000261. The number of rotatable bonds is 0. The van der Waals surface area contributed by atoms with E-state index in [0.29, 0.717) is 0 Å². The third-order valence-corrected chi connectivity index (χ3v) is 9.00. The monoisotopic (exact) mass is 676 g/mol. The normalized spacial score (nSPS) is 25.8. The summed E-state index contributed by atoms with van der Waals surface area (Å²) in [4.78, 5) is 0. The summed E-state index contributed by atoms with van der Waals surface area (Å²) in [6.07, 6.45) is 33.8. The van der Waals surface area contributed by atoms with Crippen molar-refractivity contribution in [3.63, 3.8) is 0 Å². The fourth-order valence-electron chi connectivity index (χ4n) is 3.95. The Bertz CT molecular complexity index is 390. The summed E-state index contributed by atoms with van der Waals surface area (Å²) in [5.74, 6) is 3.12. The molecule has 1 aliphatic heterocycles. The molecule has 0 aromatic rings. The number of halogens is 4. The van der Waals surface area contributed by atoms with Gasteiger partial charge in [-0.2, -0.15) is 0 Å². The van der Waals surface area contributed by atoms with Gasteiger partial charge in [-0.15, -0.1) is 0 Å². The van der Waals surface area contributed by atoms with Gasteiger partial charge in [-0.1, -0.05) is 26.9 Å². The molecule has 0 aromatic carbocycles. The van der Waals surface area contributed by atoms with Crippen molar-refractivity contribution in [1.29, 1.82) is 0 Å². The van der Waals surface area contributed by atoms with Crippen LogP contribution in [-0.4, -0.2) is 8.07 Å². The van der Waals surface area contributed by atoms with E-state index >= 15 is 0 Å². The quantitative estimate of drug-likeness (QED) is 0.227. The van der Waals surface area contributed by atoms with Crippen molar-refractivity contribution in [3.05, 3.63) is 126 Å². The summed E-state index contributed by atoms with van der Waals surface area (Å²) in [6.45, 7) is 9.66. The molecule has 0 amide bonds. The predicted octanol–water partition coefficient (Wildman–Crippen LogP) is 8.16. The summed E-state index contributed by atoms with van der Waals surface area (Å²) >= 11 is -1.65. The third-order valence-electron chi connectivity index (χ3n) is 5.44. The van der Waals surface area contributed by atoms with E-state index in [0.717, 1.165) is 0 Å². The predicted molar refractivity (Wildman–Crippen MR) is 136 cm³/mol. The second-order valence-electron chi connectivity index (χ2n) is 8.02. The molecule has 7 heteroatoms. The van der Waals surface area contributed by atoms with E-state index in [1.54, 1.807) is 22.9 Å². The molecule has 1 saturated heterocycles. The van der Waals surface area contributed by atoms with Crippen LogP contribution in [0.25, 0.3) is 0 Å². The number of fused-ring (bicyclic) bond motifs is 2. The molecular formula is C25H28Cl4SiZr2+4. The average Bonchev–Trinajstić information content (AvgIpc) is 3.56. The molecule has 1 heterocycles. The van der Waals surface area contributed by atoms with Crippen LogP contribution < -0.4 is 0 Å². The van der Waals surface area contributed by atoms with Gasteiger partial charge in [0.2, 0.25) is 0 Å². The fraction of sp³-hybridized carbons (Fsp3) is 0.200. The molecule has 0 atom stereocenters. The first-order valence-electron chi connectivity index (χ1n) is 10.1. The molecule has 0 N–H and O–H groups in total. The van der Waals surface area contributed by atoms with Crippen LogP contribution in [0, 0.1) is 131 Å². The maximum absolute atomic E-state index is 4.93. The molecule has 4 aliphatic carbocycles. The summed E-state index contributed by atoms with van der Waals surface area (Å²) in [5, 5.41) is 0. The Morgan fingerprint density at radius 3 is 1.03 bits per heavy atom. The van der Waals surface area contributed by atoms with Crippen molar-refractivity contribution >= 4 is 42.1 Å². The first-order valence-corrected chi connectivity index (χ1v) is 25.7. The molecule has 0 unspecified atom stereocenters. The van der Waals surface area contributed by atoms with Crippen molar-refractivity contribution in [2.75, 3.05) is 0 Å². The minimum absolute atomic E-state index is 0.195. The van der Waals surface area contributed by atoms with E-state index < -0.39 is 49.8 Å². The molecule has 5 rings (SSSR count). The second kappa shape index (κ2) is 18.4. The first-order chi connectivity index (χ1) is 15.3. The van der Waals surface area contributed by atoms with E-state index in [9.17, 15) is 0 Å². The van der Waals surface area contributed by atoms with Crippen molar-refractivity contribution in [2.45, 2.75) is 26.9 Å². The molecule has 20 radical (unpaired) electrons. The SMILES string of the molecule is CC1(C)[C]2[CH][CH][CH][C]2[Si](C)(C)[C]2[CH][CH][CH][C]21.[CH]1[CH][CH][CH][CH]1.[CH]1[CH][CH][CH][CH]1.[Cl][Zr+2][Cl].[Cl][Zr+2][Cl]. The summed E-state index contributed by atoms with van der Waals surface area (Å²) in [5.41, 5.74) is 3.47. The first kappa shape index (κ1) is 33.2. The van der Waals surface area contributed by atoms with Gasteiger partial charge in [-0.25, -0.2) is 0 Å². The van der Waals surface area contributed by atoms with Crippen LogP contribution in [0.4, 0.5) is 0 Å². The summed E-state index contributed by atoms with van der Waals surface area (Å²) < 4.78 is 0. The molecule has 0 nitrogen and oxygen atoms in total. The standard InChI is InChI=1S/C15H18Si.2C5H5.4ClH.2Zr/c1-15(2)11-7-5-9-13(11)16(3,4)14-10-6-8-12(14)15;2*1-2-4-5-3-1;;;;;;/h5-10H,1-4H3;2*1-5H;4*1H;;/q;;;;;;;2*+4/p-4. The van der Waals surface area contributed by atoms with E-state index in [4.69, 9.17) is 34.1 Å². The zero-order chi connectivity index (χ0) is 24.0. The minimum atomic E-state index is -1.42. The summed E-state index contributed by atoms with van der Waals surface area (Å²) in [7, 11) is 18.3. The topological polar surface area (TPSA) is 0 Å². The van der Waals surface area contributed by atoms with Gasteiger partial charge in [0.25, 0.3) is 0 Å². The van der Waals surface area contributed by atoms with Crippen LogP contribution in [0.2, 0.25) is 13.1 Å². The molecule has 4 saturated carbocycles. The molecule has 164 valence electrons. The van der Waals surface area contributed by atoms with Crippen molar-refractivity contribution in [1.82, 2.24) is 0 Å². The Labute approximate surface area is 239 Å². The van der Waals surface area contributed by atoms with Crippen LogP contribution in [0.15, 0.2) is 0 Å². The van der Waals surface area contributed by atoms with Crippen LogP contribution in [0.3, 0.4) is 0 Å². The molecule has 0 bridgehead atoms. The molecule has 0 spiro atoms. The Morgan fingerprint density at radius 2 is 0.781 bits per heavy atom. The van der Waals surface area contributed by atoms with Gasteiger partial charge in [0.05, 0.1) is 8.07 Å². The van der Waals surface area contributed by atoms with Crippen LogP contribution in [0.5, 0.6) is 0 Å². The number of hydrogen-bond donors (Lipinski definition) is 0. The van der Waals surface area contributed by atoms with Gasteiger partial charge in [-0.05, 0) is 131 Å². The molecule has 0 aromatic heterocycles. The zero-order valence-electron chi connectivity index (χ0n) is 18.7. The summed E-state index contributed by atoms with van der Waals surface area (Å²) in [6, 6.07) is 0. The molecular weight excluding hydrogens is 653 g/mol. The fourth-order valence-corrected chi connectivity index (χ4v) is 7.41. The van der Waals surface area contributed by atoms with Gasteiger partial charge in [0.1, 0.15) is 0 Å². The van der Waals surface area contributed by atoms with E-state index in [-0.39, 0.29) is 5.41 Å². The van der Waals surface area contributed by atoms with E-state index in [2.05, 4.69) is 65.5 Å². The van der Waals surface area contributed by atoms with Crippen molar-refractivity contribution in [2.24, 2.45) is 5.41 Å². The van der Waals surface area contributed by atoms with E-state index in [1.165, 1.54) is 0 Å². The van der Waals surface area contributed by atoms with Gasteiger partial charge < -0.3 is 0 Å². The molecule has 5 fully saturated rings. The van der Waals surface area contributed by atoms with Crippen LogP contribution >= 0.6 is 34.1 Å². The molecule has 5 aliphatic rings. The zero-order valence-corrected chi connectivity index (χ0v) is 27.7. The van der Waals surface area contributed by atoms with Gasteiger partial charge >= 0.3 is 75.7 Å². The average molecular weight is 681 g/mol. The Morgan fingerprint density at radius 1 is 0.531 bits per heavy atom. The molecule has 32 heavy (non-hydrogen) atoms. The van der Waals surface area contributed by atoms with Gasteiger partial charge in [0, 0.05) is 0 Å². The Hall–Kier alpha value is 3.14. The van der Waals surface area contributed by atoms with Gasteiger partial charge in [0.15, 0.2) is 0 Å². The van der Waals surface area contributed by atoms with Crippen LogP contribution in [-0.2, 0) is 41.7 Å². The third kappa shape index (κ3) is 10.5. The maximum atomic E-state index is 4.93. The van der Waals surface area contributed by atoms with Crippen molar-refractivity contribution < 1.29 is 41.7 Å². The van der Waals surface area contributed by atoms with E-state index in [1.807, 2.05) is 64.2 Å². The van der Waals surface area contributed by atoms with Crippen molar-refractivity contribution in [3.8, 4) is 0 Å². The Kier molecular flexibility index (Phi) is 19.1. The van der Waals surface area contributed by atoms with Gasteiger partial charge in [-0.3, -0.25) is 0 Å². The number of hydrogen-bond acceptors (Lipinski definition) is 0. The van der Waals surface area contributed by atoms with Crippen LogP contribution in [0.1, 0.15) is 13.8 Å². The second-order valence-corrected chi connectivity index (χ2v) is 19.8.